The van der Waals surface area contributed by atoms with Crippen LogP contribution in [0.3, 0.4) is 0 Å². The molecule has 52 heavy (non-hydrogen) atoms. The molecule has 1 saturated heterocycles. The first-order valence-corrected chi connectivity index (χ1v) is 18.0. The number of fused-ring (bicyclic) bond motifs is 4. The number of aryl methyl sites for hydroxylation is 2. The first kappa shape index (κ1) is 36.5. The molecule has 274 valence electrons. The highest BCUT2D eigenvalue weighted by molar-refractivity contribution is 5.87. The monoisotopic (exact) mass is 707 g/mol. The molecule has 11 heteroatoms. The number of ether oxygens (including phenoxy) is 3. The van der Waals surface area contributed by atoms with Crippen molar-refractivity contribution in [3.05, 3.63) is 81.5 Å². The number of nitrogens with zero attached hydrogens (tertiary/aromatic N) is 3. The molecule has 1 aliphatic carbocycles. The molecule has 0 unspecified atom stereocenters. The summed E-state index contributed by atoms with van der Waals surface area (Å²) in [5.41, 5.74) is 5.28. The third kappa shape index (κ3) is 7.09. The second-order valence-electron chi connectivity index (χ2n) is 13.7. The van der Waals surface area contributed by atoms with Crippen LogP contribution in [0.1, 0.15) is 56.3 Å². The number of pyridine rings is 1. The van der Waals surface area contributed by atoms with E-state index in [0.717, 1.165) is 39.8 Å². The van der Waals surface area contributed by atoms with Gasteiger partial charge in [0.25, 0.3) is 0 Å². The second kappa shape index (κ2) is 15.5. The van der Waals surface area contributed by atoms with Crippen LogP contribution in [0.15, 0.2) is 59.4 Å². The van der Waals surface area contributed by atoms with E-state index in [4.69, 9.17) is 19.2 Å². The molecule has 1 aromatic heterocycles. The number of amides is 2. The number of carbonyl (C=O) groups is 2. The molecule has 0 spiro atoms. The standard InChI is InChI=1S/C41H49N5O6/c1-8-24(2)38(41(49)46-19-17-45(18-20-46)36-21-25(3)28-11-9-10-12-31(28)43-36)44-33-16-14-29-30(23-34(33)48)32(42-26(4)47)15-13-27-22-35(50-5)39(51-6)40(52-7)37(27)29/h9-12,14,16,21-24,32,38H,8,13,15,17-20H2,1-7H3,(H,42,47)(H,44,48)/t24-,32+,38+/m1/s1. The minimum atomic E-state index is -0.621. The molecule has 1 fully saturated rings. The summed E-state index contributed by atoms with van der Waals surface area (Å²) in [6.45, 7) is 10.1. The minimum Gasteiger partial charge on any atom is -0.493 e. The van der Waals surface area contributed by atoms with Crippen LogP contribution in [0, 0.1) is 12.8 Å². The first-order chi connectivity index (χ1) is 25.1. The molecular weight excluding hydrogens is 658 g/mol. The molecule has 0 bridgehead atoms. The van der Waals surface area contributed by atoms with Gasteiger partial charge >= 0.3 is 0 Å². The van der Waals surface area contributed by atoms with Gasteiger partial charge in [0, 0.05) is 44.1 Å². The van der Waals surface area contributed by atoms with Gasteiger partial charge in [0.1, 0.15) is 11.9 Å². The summed E-state index contributed by atoms with van der Waals surface area (Å²) in [4.78, 5) is 49.8. The van der Waals surface area contributed by atoms with Gasteiger partial charge in [0.2, 0.25) is 23.0 Å². The van der Waals surface area contributed by atoms with Crippen LogP contribution in [0.5, 0.6) is 17.2 Å². The fraction of sp³-hybridized carbons (Fsp3) is 0.415. The number of piperazine rings is 1. The number of hydrogen-bond donors (Lipinski definition) is 2. The summed E-state index contributed by atoms with van der Waals surface area (Å²) in [7, 11) is 4.71. The average molecular weight is 708 g/mol. The molecule has 3 atom stereocenters. The van der Waals surface area contributed by atoms with Gasteiger partial charge in [-0.1, -0.05) is 44.5 Å². The summed E-state index contributed by atoms with van der Waals surface area (Å²) in [5, 5.41) is 7.57. The fourth-order valence-corrected chi connectivity index (χ4v) is 7.52. The normalized spacial score (nSPS) is 16.6. The number of aromatic nitrogens is 1. The Balaban J connectivity index is 1.32. The molecule has 4 aromatic rings. The van der Waals surface area contributed by atoms with Crippen molar-refractivity contribution in [1.82, 2.24) is 15.2 Å². The zero-order valence-electron chi connectivity index (χ0n) is 31.2. The summed E-state index contributed by atoms with van der Waals surface area (Å²) in [5.74, 6) is 2.08. The smallest absolute Gasteiger partial charge is 0.245 e. The molecule has 6 rings (SSSR count). The highest BCUT2D eigenvalue weighted by atomic mass is 16.5. The van der Waals surface area contributed by atoms with Crippen LogP contribution in [-0.2, 0) is 16.0 Å². The quantitative estimate of drug-likeness (QED) is 0.208. The van der Waals surface area contributed by atoms with E-state index in [1.54, 1.807) is 33.5 Å². The Labute approximate surface area is 305 Å². The molecule has 0 radical (unpaired) electrons. The molecule has 1 aliphatic heterocycles. The molecule has 2 heterocycles. The lowest BCUT2D eigenvalue weighted by molar-refractivity contribution is -0.133. The molecule has 2 amide bonds. The SMILES string of the molecule is CC[C@@H](C)[C@H](Nc1ccc2c(cc1=O)[C@@H](NC(C)=O)CCc1cc(OC)c(OC)c(OC)c1-2)C(=O)N1CCN(c2cc(C)c3ccccc3n2)CC1. The maximum atomic E-state index is 14.3. The van der Waals surface area contributed by atoms with Crippen molar-refractivity contribution in [2.45, 2.75) is 59.0 Å². The van der Waals surface area contributed by atoms with Crippen molar-refractivity contribution in [2.75, 3.05) is 57.7 Å². The Morgan fingerprint density at radius 3 is 2.37 bits per heavy atom. The van der Waals surface area contributed by atoms with Gasteiger partial charge in [-0.15, -0.1) is 0 Å². The van der Waals surface area contributed by atoms with Gasteiger partial charge in [-0.3, -0.25) is 14.4 Å². The van der Waals surface area contributed by atoms with Crippen LogP contribution >= 0.6 is 0 Å². The Hall–Kier alpha value is -5.32. The molecule has 11 nitrogen and oxygen atoms in total. The maximum Gasteiger partial charge on any atom is 0.245 e. The molecule has 2 aliphatic rings. The lowest BCUT2D eigenvalue weighted by Gasteiger charge is -2.38. The van der Waals surface area contributed by atoms with Gasteiger partial charge in [-0.25, -0.2) is 4.98 Å². The molecular formula is C41H49N5O6. The minimum absolute atomic E-state index is 0.0379. The van der Waals surface area contributed by atoms with Crippen molar-refractivity contribution in [1.29, 1.82) is 0 Å². The number of carbonyl (C=O) groups excluding carboxylic acids is 2. The first-order valence-electron chi connectivity index (χ1n) is 18.0. The van der Waals surface area contributed by atoms with E-state index in [0.29, 0.717) is 67.5 Å². The Morgan fingerprint density at radius 1 is 0.962 bits per heavy atom. The fourth-order valence-electron chi connectivity index (χ4n) is 7.52. The van der Waals surface area contributed by atoms with Crippen molar-refractivity contribution < 1.29 is 23.8 Å². The number of para-hydroxylation sites is 1. The van der Waals surface area contributed by atoms with E-state index in [1.807, 2.05) is 49.1 Å². The third-order valence-corrected chi connectivity index (χ3v) is 10.5. The summed E-state index contributed by atoms with van der Waals surface area (Å²) in [6, 6.07) is 16.3. The van der Waals surface area contributed by atoms with Crippen molar-refractivity contribution in [3.63, 3.8) is 0 Å². The van der Waals surface area contributed by atoms with Crippen LogP contribution in [0.4, 0.5) is 11.5 Å². The maximum absolute atomic E-state index is 14.3. The number of anilines is 2. The van der Waals surface area contributed by atoms with E-state index in [-0.39, 0.29) is 23.2 Å². The number of nitrogens with one attached hydrogen (secondary N) is 2. The van der Waals surface area contributed by atoms with Gasteiger partial charge in [-0.2, -0.15) is 0 Å². The number of rotatable bonds is 10. The van der Waals surface area contributed by atoms with Crippen molar-refractivity contribution in [3.8, 4) is 28.4 Å². The highest BCUT2D eigenvalue weighted by Gasteiger charge is 2.33. The zero-order chi connectivity index (χ0) is 37.1. The summed E-state index contributed by atoms with van der Waals surface area (Å²) in [6.07, 6.45) is 1.89. The highest BCUT2D eigenvalue weighted by Crippen LogP contribution is 2.50. The lowest BCUT2D eigenvalue weighted by Crippen LogP contribution is -2.54. The van der Waals surface area contributed by atoms with Crippen molar-refractivity contribution >= 4 is 34.2 Å². The number of benzene rings is 2. The predicted octanol–water partition coefficient (Wildman–Crippen LogP) is 5.90. The number of hydrogen-bond acceptors (Lipinski definition) is 9. The van der Waals surface area contributed by atoms with E-state index in [9.17, 15) is 14.4 Å². The summed E-state index contributed by atoms with van der Waals surface area (Å²) >= 11 is 0. The molecule has 3 aromatic carbocycles. The average Bonchev–Trinajstić information content (AvgIpc) is 3.40. The molecule has 0 saturated carbocycles. The van der Waals surface area contributed by atoms with E-state index < -0.39 is 12.1 Å². The van der Waals surface area contributed by atoms with E-state index in [2.05, 4.69) is 34.6 Å². The van der Waals surface area contributed by atoms with E-state index in [1.165, 1.54) is 12.5 Å². The summed E-state index contributed by atoms with van der Waals surface area (Å²) < 4.78 is 17.3. The largest absolute Gasteiger partial charge is 0.493 e. The topological polar surface area (TPSA) is 122 Å². The van der Waals surface area contributed by atoms with E-state index >= 15 is 0 Å². The van der Waals surface area contributed by atoms with Crippen LogP contribution < -0.4 is 35.2 Å². The number of methoxy groups -OCH3 is 3. The van der Waals surface area contributed by atoms with Gasteiger partial charge < -0.3 is 34.6 Å². The van der Waals surface area contributed by atoms with Gasteiger partial charge in [-0.05, 0) is 78.3 Å². The van der Waals surface area contributed by atoms with Crippen molar-refractivity contribution in [2.24, 2.45) is 5.92 Å². The van der Waals surface area contributed by atoms with Gasteiger partial charge in [0.15, 0.2) is 11.5 Å². The Bertz CT molecular complexity index is 2040. The van der Waals surface area contributed by atoms with Crippen LogP contribution in [0.25, 0.3) is 22.0 Å². The predicted molar refractivity (Wildman–Crippen MR) is 205 cm³/mol. The molecule has 2 N–H and O–H groups in total. The Kier molecular flexibility index (Phi) is 10.9. The van der Waals surface area contributed by atoms with Crippen LogP contribution in [-0.4, -0.2) is 75.2 Å². The lowest BCUT2D eigenvalue weighted by atomic mass is 9.95. The third-order valence-electron chi connectivity index (χ3n) is 10.5. The van der Waals surface area contributed by atoms with Crippen LogP contribution in [0.2, 0.25) is 0 Å². The van der Waals surface area contributed by atoms with Gasteiger partial charge in [0.05, 0.1) is 38.6 Å². The Morgan fingerprint density at radius 2 is 1.69 bits per heavy atom. The second-order valence-corrected chi connectivity index (χ2v) is 13.7. The zero-order valence-corrected chi connectivity index (χ0v) is 31.2.